The van der Waals surface area contributed by atoms with Gasteiger partial charge in [-0.2, -0.15) is 0 Å². The molecule has 1 aromatic carbocycles. The SMILES string of the molecule is C/C=C/C(=O)CCC/C(C)=C(\C)C(=O)CCc1ccccc1. The summed E-state index contributed by atoms with van der Waals surface area (Å²) in [6.45, 7) is 5.74. The van der Waals surface area contributed by atoms with Gasteiger partial charge >= 0.3 is 0 Å². The molecule has 0 unspecified atom stereocenters. The Labute approximate surface area is 133 Å². The summed E-state index contributed by atoms with van der Waals surface area (Å²) in [5.41, 5.74) is 3.15. The zero-order chi connectivity index (χ0) is 16.4. The number of carbonyl (C=O) groups excluding carboxylic acids is 2. The third-order valence-corrected chi connectivity index (χ3v) is 3.87. The molecule has 1 rings (SSSR count). The summed E-state index contributed by atoms with van der Waals surface area (Å²) in [4.78, 5) is 23.6. The van der Waals surface area contributed by atoms with Crippen molar-refractivity contribution in [1.29, 1.82) is 0 Å². The summed E-state index contributed by atoms with van der Waals surface area (Å²) in [6.07, 6.45) is 6.87. The second-order valence-corrected chi connectivity index (χ2v) is 5.63. The maximum Gasteiger partial charge on any atom is 0.158 e. The fraction of sp³-hybridized carbons (Fsp3) is 0.400. The Morgan fingerprint density at radius 1 is 1.00 bits per heavy atom. The average molecular weight is 298 g/mol. The molecular formula is C20H26O2. The lowest BCUT2D eigenvalue weighted by molar-refractivity contribution is -0.115. The highest BCUT2D eigenvalue weighted by atomic mass is 16.1. The third-order valence-electron chi connectivity index (χ3n) is 3.87. The van der Waals surface area contributed by atoms with E-state index in [1.54, 1.807) is 12.2 Å². The minimum absolute atomic E-state index is 0.156. The summed E-state index contributed by atoms with van der Waals surface area (Å²) >= 11 is 0. The van der Waals surface area contributed by atoms with Crippen LogP contribution < -0.4 is 0 Å². The standard InChI is InChI=1S/C20H26O2/c1-4-9-19(21)13-8-10-16(2)17(3)20(22)15-14-18-11-6-5-7-12-18/h4-7,9,11-12H,8,10,13-15H2,1-3H3/b9-4+,17-16+. The molecule has 1 aromatic rings. The van der Waals surface area contributed by atoms with Crippen LogP contribution in [0.5, 0.6) is 0 Å². The average Bonchev–Trinajstić information content (AvgIpc) is 2.53. The van der Waals surface area contributed by atoms with Crippen molar-refractivity contribution in [2.45, 2.75) is 52.9 Å². The van der Waals surface area contributed by atoms with Crippen LogP contribution >= 0.6 is 0 Å². The zero-order valence-corrected chi connectivity index (χ0v) is 13.9. The van der Waals surface area contributed by atoms with Crippen LogP contribution in [0, 0.1) is 0 Å². The molecular weight excluding hydrogens is 272 g/mol. The van der Waals surface area contributed by atoms with Gasteiger partial charge in [-0.3, -0.25) is 9.59 Å². The minimum atomic E-state index is 0.156. The molecule has 0 saturated heterocycles. The first-order chi connectivity index (χ1) is 10.5. The smallest absolute Gasteiger partial charge is 0.158 e. The molecule has 0 fully saturated rings. The molecule has 0 aliphatic heterocycles. The molecule has 0 radical (unpaired) electrons. The third kappa shape index (κ3) is 6.66. The number of rotatable bonds is 9. The molecule has 2 nitrogen and oxygen atoms in total. The molecule has 2 heteroatoms. The number of allylic oxidation sites excluding steroid dienone is 4. The molecule has 0 aromatic heterocycles. The van der Waals surface area contributed by atoms with Crippen LogP contribution in [0.25, 0.3) is 0 Å². The van der Waals surface area contributed by atoms with Crippen molar-refractivity contribution in [3.8, 4) is 0 Å². The number of aryl methyl sites for hydroxylation is 1. The predicted molar refractivity (Wildman–Crippen MR) is 91.8 cm³/mol. The Balaban J connectivity index is 2.44. The minimum Gasteiger partial charge on any atom is -0.295 e. The molecule has 0 atom stereocenters. The number of ketones is 2. The van der Waals surface area contributed by atoms with Crippen LogP contribution in [-0.4, -0.2) is 11.6 Å². The molecule has 0 bridgehead atoms. The van der Waals surface area contributed by atoms with Crippen molar-refractivity contribution in [2.75, 3.05) is 0 Å². The molecule has 0 aliphatic carbocycles. The van der Waals surface area contributed by atoms with Crippen molar-refractivity contribution in [1.82, 2.24) is 0 Å². The first-order valence-electron chi connectivity index (χ1n) is 7.93. The predicted octanol–water partition coefficient (Wildman–Crippen LogP) is 4.84. The van der Waals surface area contributed by atoms with Gasteiger partial charge in [-0.05, 0) is 57.2 Å². The Hall–Kier alpha value is -1.96. The number of hydrogen-bond donors (Lipinski definition) is 0. The van der Waals surface area contributed by atoms with Gasteiger partial charge in [0.2, 0.25) is 0 Å². The fourth-order valence-electron chi connectivity index (χ4n) is 2.31. The number of benzene rings is 1. The van der Waals surface area contributed by atoms with Crippen molar-refractivity contribution in [3.05, 3.63) is 59.2 Å². The van der Waals surface area contributed by atoms with Crippen LogP contribution in [0.2, 0.25) is 0 Å². The Morgan fingerprint density at radius 3 is 2.32 bits per heavy atom. The molecule has 118 valence electrons. The molecule has 0 saturated carbocycles. The quantitative estimate of drug-likeness (QED) is 0.611. The lowest BCUT2D eigenvalue weighted by Crippen LogP contribution is -2.04. The first kappa shape index (κ1) is 18.1. The van der Waals surface area contributed by atoms with Gasteiger partial charge in [0.15, 0.2) is 11.6 Å². The normalized spacial score (nSPS) is 12.3. The maximum absolute atomic E-state index is 12.2. The van der Waals surface area contributed by atoms with Gasteiger partial charge in [0.1, 0.15) is 0 Å². The number of hydrogen-bond acceptors (Lipinski definition) is 2. The molecule has 22 heavy (non-hydrogen) atoms. The van der Waals surface area contributed by atoms with E-state index in [-0.39, 0.29) is 11.6 Å². The van der Waals surface area contributed by atoms with Gasteiger partial charge in [-0.1, -0.05) is 42.0 Å². The van der Waals surface area contributed by atoms with E-state index >= 15 is 0 Å². The van der Waals surface area contributed by atoms with Crippen molar-refractivity contribution >= 4 is 11.6 Å². The van der Waals surface area contributed by atoms with E-state index in [1.807, 2.05) is 51.1 Å². The van der Waals surface area contributed by atoms with Crippen LogP contribution in [-0.2, 0) is 16.0 Å². The molecule has 0 N–H and O–H groups in total. The van der Waals surface area contributed by atoms with Gasteiger partial charge < -0.3 is 0 Å². The summed E-state index contributed by atoms with van der Waals surface area (Å²) in [5, 5.41) is 0. The highest BCUT2D eigenvalue weighted by Gasteiger charge is 2.08. The second kappa shape index (κ2) is 9.88. The van der Waals surface area contributed by atoms with E-state index in [0.29, 0.717) is 12.8 Å². The summed E-state index contributed by atoms with van der Waals surface area (Å²) < 4.78 is 0. The Morgan fingerprint density at radius 2 is 1.68 bits per heavy atom. The van der Waals surface area contributed by atoms with Crippen LogP contribution in [0.1, 0.15) is 52.0 Å². The number of Topliss-reactive ketones (excluding diaryl/α,β-unsaturated/α-hetero) is 1. The molecule has 0 heterocycles. The van der Waals surface area contributed by atoms with Crippen molar-refractivity contribution in [3.63, 3.8) is 0 Å². The summed E-state index contributed by atoms with van der Waals surface area (Å²) in [7, 11) is 0. The zero-order valence-electron chi connectivity index (χ0n) is 13.9. The lowest BCUT2D eigenvalue weighted by Gasteiger charge is -2.07. The largest absolute Gasteiger partial charge is 0.295 e. The molecule has 0 spiro atoms. The summed E-state index contributed by atoms with van der Waals surface area (Å²) in [6, 6.07) is 10.1. The van der Waals surface area contributed by atoms with Gasteiger partial charge in [0.25, 0.3) is 0 Å². The highest BCUT2D eigenvalue weighted by Crippen LogP contribution is 2.15. The Kier molecular flexibility index (Phi) is 8.13. The molecule has 0 amide bonds. The van der Waals surface area contributed by atoms with E-state index < -0.39 is 0 Å². The van der Waals surface area contributed by atoms with E-state index in [9.17, 15) is 9.59 Å². The van der Waals surface area contributed by atoms with Crippen molar-refractivity contribution in [2.24, 2.45) is 0 Å². The Bertz CT molecular complexity index is 550. The van der Waals surface area contributed by atoms with Gasteiger partial charge in [-0.25, -0.2) is 0 Å². The van der Waals surface area contributed by atoms with Crippen LogP contribution in [0.4, 0.5) is 0 Å². The summed E-state index contributed by atoms with van der Waals surface area (Å²) in [5.74, 6) is 0.365. The van der Waals surface area contributed by atoms with E-state index in [4.69, 9.17) is 0 Å². The highest BCUT2D eigenvalue weighted by molar-refractivity contribution is 5.95. The first-order valence-corrected chi connectivity index (χ1v) is 7.93. The second-order valence-electron chi connectivity index (χ2n) is 5.63. The van der Waals surface area contributed by atoms with Crippen LogP contribution in [0.3, 0.4) is 0 Å². The monoisotopic (exact) mass is 298 g/mol. The van der Waals surface area contributed by atoms with Crippen molar-refractivity contribution < 1.29 is 9.59 Å². The van der Waals surface area contributed by atoms with Crippen LogP contribution in [0.15, 0.2) is 53.6 Å². The topological polar surface area (TPSA) is 34.1 Å². The molecule has 0 aliphatic rings. The lowest BCUT2D eigenvalue weighted by atomic mass is 9.97. The van der Waals surface area contributed by atoms with Gasteiger partial charge in [0.05, 0.1) is 0 Å². The number of carbonyl (C=O) groups is 2. The van der Waals surface area contributed by atoms with E-state index in [0.717, 1.165) is 30.4 Å². The van der Waals surface area contributed by atoms with Gasteiger partial charge in [0, 0.05) is 12.8 Å². The van der Waals surface area contributed by atoms with E-state index in [2.05, 4.69) is 0 Å². The van der Waals surface area contributed by atoms with E-state index in [1.165, 1.54) is 5.56 Å². The fourth-order valence-corrected chi connectivity index (χ4v) is 2.31. The maximum atomic E-state index is 12.2. The van der Waals surface area contributed by atoms with Gasteiger partial charge in [-0.15, -0.1) is 0 Å².